The van der Waals surface area contributed by atoms with E-state index in [1.165, 1.54) is 22.8 Å². The van der Waals surface area contributed by atoms with Gasteiger partial charge in [-0.1, -0.05) is 13.8 Å². The van der Waals surface area contributed by atoms with E-state index < -0.39 is 53.5 Å². The minimum absolute atomic E-state index is 0.0140. The summed E-state index contributed by atoms with van der Waals surface area (Å²) in [4.78, 5) is 52.8. The Labute approximate surface area is 199 Å². The molecular formula is C21H26F3N7O4. The van der Waals surface area contributed by atoms with Crippen LogP contribution in [0, 0.1) is 17.2 Å². The van der Waals surface area contributed by atoms with E-state index in [0.717, 1.165) is 11.8 Å². The topological polar surface area (TPSA) is 140 Å². The van der Waals surface area contributed by atoms with Crippen molar-refractivity contribution in [2.75, 3.05) is 18.9 Å². The van der Waals surface area contributed by atoms with Crippen LogP contribution < -0.4 is 10.6 Å². The molecule has 14 heteroatoms. The number of amides is 4. The van der Waals surface area contributed by atoms with Crippen molar-refractivity contribution in [3.8, 4) is 6.07 Å². The van der Waals surface area contributed by atoms with Crippen LogP contribution in [-0.4, -0.2) is 81.1 Å². The number of nitrogens with one attached hydrogen (secondary N) is 2. The molecule has 1 spiro atoms. The number of carbonyl (C=O) groups is 4. The van der Waals surface area contributed by atoms with Gasteiger partial charge in [-0.3, -0.25) is 19.2 Å². The number of hydrogen-bond donors (Lipinski definition) is 2. The number of aromatic nitrogens is 2. The largest absolute Gasteiger partial charge is 0.471 e. The first-order valence-electron chi connectivity index (χ1n) is 10.9. The van der Waals surface area contributed by atoms with Gasteiger partial charge in [0.2, 0.25) is 11.8 Å². The molecule has 0 aliphatic carbocycles. The van der Waals surface area contributed by atoms with E-state index in [9.17, 15) is 37.6 Å². The molecule has 2 aliphatic heterocycles. The lowest BCUT2D eigenvalue weighted by Crippen LogP contribution is -2.56. The van der Waals surface area contributed by atoms with Crippen LogP contribution in [0.3, 0.4) is 0 Å². The number of alkyl halides is 3. The highest BCUT2D eigenvalue weighted by Crippen LogP contribution is 2.40. The van der Waals surface area contributed by atoms with Gasteiger partial charge in [0.1, 0.15) is 23.9 Å². The van der Waals surface area contributed by atoms with Crippen LogP contribution in [0.5, 0.6) is 0 Å². The summed E-state index contributed by atoms with van der Waals surface area (Å²) in [6, 6.07) is -0.0736. The van der Waals surface area contributed by atoms with Crippen molar-refractivity contribution in [2.24, 2.45) is 5.92 Å². The second-order valence-electron chi connectivity index (χ2n) is 9.22. The Morgan fingerprint density at radius 1 is 1.37 bits per heavy atom. The van der Waals surface area contributed by atoms with Gasteiger partial charge in [-0.2, -0.15) is 23.5 Å². The molecule has 0 bridgehead atoms. The van der Waals surface area contributed by atoms with Crippen LogP contribution in [0.4, 0.5) is 19.0 Å². The number of hydrogen-bond acceptors (Lipinski definition) is 6. The number of fused-ring (bicyclic) bond motifs is 2. The highest BCUT2D eigenvalue weighted by Gasteiger charge is 2.57. The lowest BCUT2D eigenvalue weighted by molar-refractivity contribution is -0.175. The van der Waals surface area contributed by atoms with Crippen molar-refractivity contribution in [2.45, 2.75) is 63.5 Å². The molecule has 3 rings (SSSR count). The summed E-state index contributed by atoms with van der Waals surface area (Å²) >= 11 is 0. The molecular weight excluding hydrogens is 471 g/mol. The van der Waals surface area contributed by atoms with Crippen molar-refractivity contribution in [3.05, 3.63) is 12.3 Å². The minimum Gasteiger partial charge on any atom is -0.337 e. The zero-order valence-electron chi connectivity index (χ0n) is 19.6. The van der Waals surface area contributed by atoms with Crippen molar-refractivity contribution >= 4 is 29.4 Å². The summed E-state index contributed by atoms with van der Waals surface area (Å²) in [5.41, 5.74) is -1.28. The third-order valence-corrected chi connectivity index (χ3v) is 6.25. The zero-order valence-corrected chi connectivity index (χ0v) is 19.6. The van der Waals surface area contributed by atoms with Crippen molar-refractivity contribution in [1.29, 1.82) is 5.26 Å². The summed E-state index contributed by atoms with van der Waals surface area (Å²) in [6.07, 6.45) is -3.56. The van der Waals surface area contributed by atoms with E-state index in [0.29, 0.717) is 5.82 Å². The van der Waals surface area contributed by atoms with Gasteiger partial charge in [0, 0.05) is 19.5 Å². The van der Waals surface area contributed by atoms with E-state index in [1.54, 1.807) is 25.2 Å². The number of likely N-dealkylation sites (N-methyl/N-ethyl adjacent to an activating group) is 1. The van der Waals surface area contributed by atoms with Crippen LogP contribution in [0.1, 0.15) is 33.6 Å². The number of rotatable bonds is 6. The monoisotopic (exact) mass is 497 g/mol. The molecule has 1 aromatic heterocycles. The van der Waals surface area contributed by atoms with Gasteiger partial charge in [0.25, 0.3) is 5.91 Å². The third kappa shape index (κ3) is 4.67. The second-order valence-corrected chi connectivity index (χ2v) is 9.22. The molecule has 0 radical (unpaired) electrons. The molecule has 1 unspecified atom stereocenters. The molecule has 0 aromatic carbocycles. The summed E-state index contributed by atoms with van der Waals surface area (Å²) in [5.74, 6) is -3.89. The van der Waals surface area contributed by atoms with Crippen LogP contribution in [0.2, 0.25) is 0 Å². The van der Waals surface area contributed by atoms with Crippen LogP contribution in [0.25, 0.3) is 0 Å². The molecule has 2 aliphatic rings. The molecule has 1 saturated heterocycles. The standard InChI is InChI=1S/C21H26F3N7O4/c1-11(2)7-14(29(4)16(32)12(3)27-19(35)21(22,23)24)17(33)30-10-20(8-13(30)9-25)18(34)28-15-5-6-26-31(15)20/h5-6,11-14H,7-8,10H2,1-4H3,(H,27,35)(H,28,34)/t12-,13-,14-,20?/m0/s1. The van der Waals surface area contributed by atoms with E-state index in [-0.39, 0.29) is 25.3 Å². The second kappa shape index (κ2) is 9.20. The van der Waals surface area contributed by atoms with Crippen molar-refractivity contribution in [3.63, 3.8) is 0 Å². The van der Waals surface area contributed by atoms with E-state index >= 15 is 0 Å². The zero-order chi connectivity index (χ0) is 26.3. The van der Waals surface area contributed by atoms with Gasteiger partial charge in [0.05, 0.1) is 18.8 Å². The average molecular weight is 497 g/mol. The number of nitrogens with zero attached hydrogens (tertiary/aromatic N) is 5. The molecule has 2 N–H and O–H groups in total. The molecule has 1 aromatic rings. The summed E-state index contributed by atoms with van der Waals surface area (Å²) in [5, 5.41) is 18.2. The van der Waals surface area contributed by atoms with Crippen LogP contribution >= 0.6 is 0 Å². The van der Waals surface area contributed by atoms with E-state index in [2.05, 4.69) is 10.4 Å². The number of anilines is 1. The fraction of sp³-hybridized carbons (Fsp3) is 0.619. The van der Waals surface area contributed by atoms with Gasteiger partial charge in [-0.15, -0.1) is 0 Å². The maximum Gasteiger partial charge on any atom is 0.471 e. The third-order valence-electron chi connectivity index (χ3n) is 6.25. The van der Waals surface area contributed by atoms with E-state index in [1.807, 2.05) is 6.07 Å². The first kappa shape index (κ1) is 26.0. The lowest BCUT2D eigenvalue weighted by Gasteiger charge is -2.34. The smallest absolute Gasteiger partial charge is 0.337 e. The molecule has 1 fully saturated rings. The first-order valence-corrected chi connectivity index (χ1v) is 10.9. The normalized spacial score (nSPS) is 23.0. The van der Waals surface area contributed by atoms with Gasteiger partial charge < -0.3 is 20.4 Å². The Kier molecular flexibility index (Phi) is 6.83. The quantitative estimate of drug-likeness (QED) is 0.590. The molecule has 35 heavy (non-hydrogen) atoms. The summed E-state index contributed by atoms with van der Waals surface area (Å²) in [7, 11) is 1.25. The first-order chi connectivity index (χ1) is 16.2. The summed E-state index contributed by atoms with van der Waals surface area (Å²) in [6.45, 7) is 4.51. The lowest BCUT2D eigenvalue weighted by atomic mass is 9.96. The van der Waals surface area contributed by atoms with E-state index in [4.69, 9.17) is 0 Å². The fourth-order valence-electron chi connectivity index (χ4n) is 4.48. The maximum atomic E-state index is 13.6. The molecule has 4 amide bonds. The Morgan fingerprint density at radius 3 is 2.60 bits per heavy atom. The van der Waals surface area contributed by atoms with Crippen LogP contribution in [-0.2, 0) is 24.7 Å². The number of halogens is 3. The predicted octanol–water partition coefficient (Wildman–Crippen LogP) is 0.595. The molecule has 190 valence electrons. The Morgan fingerprint density at radius 2 is 2.03 bits per heavy atom. The Hall–Kier alpha value is -3.63. The van der Waals surface area contributed by atoms with Gasteiger partial charge in [-0.05, 0) is 19.3 Å². The van der Waals surface area contributed by atoms with Gasteiger partial charge in [0.15, 0.2) is 5.54 Å². The van der Waals surface area contributed by atoms with Crippen LogP contribution in [0.15, 0.2) is 12.3 Å². The Bertz CT molecular complexity index is 1080. The SMILES string of the molecule is CC(C)C[C@@H](C(=O)N1CC2(C[C@H]1C#N)C(=O)Nc1ccnn12)N(C)C(=O)[C@H](C)NC(=O)C(F)(F)F. The highest BCUT2D eigenvalue weighted by molar-refractivity contribution is 6.01. The van der Waals surface area contributed by atoms with Crippen molar-refractivity contribution < 1.29 is 32.3 Å². The summed E-state index contributed by atoms with van der Waals surface area (Å²) < 4.78 is 39.3. The van der Waals surface area contributed by atoms with Gasteiger partial charge in [-0.25, -0.2) is 4.68 Å². The number of carbonyl (C=O) groups excluding carboxylic acids is 4. The fourth-order valence-corrected chi connectivity index (χ4v) is 4.48. The molecule has 4 atom stereocenters. The minimum atomic E-state index is -5.17. The molecule has 11 nitrogen and oxygen atoms in total. The maximum absolute atomic E-state index is 13.6. The molecule has 3 heterocycles. The number of nitriles is 1. The average Bonchev–Trinajstić information content (AvgIpc) is 3.45. The Balaban J connectivity index is 1.86. The molecule has 0 saturated carbocycles. The van der Waals surface area contributed by atoms with Crippen molar-refractivity contribution in [1.82, 2.24) is 24.9 Å². The number of likely N-dealkylation sites (tertiary alicyclic amines) is 1. The van der Waals surface area contributed by atoms with Gasteiger partial charge >= 0.3 is 12.1 Å². The highest BCUT2D eigenvalue weighted by atomic mass is 19.4. The predicted molar refractivity (Wildman–Crippen MR) is 114 cm³/mol.